The molecule has 10 nitrogen and oxygen atoms in total. The molecular formula is C34H46N4O6. The number of oxime groups is 1. The van der Waals surface area contributed by atoms with Crippen molar-refractivity contribution in [2.45, 2.75) is 90.2 Å². The van der Waals surface area contributed by atoms with E-state index in [1.54, 1.807) is 6.20 Å². The van der Waals surface area contributed by atoms with Gasteiger partial charge in [0.2, 0.25) is 5.91 Å². The smallest absolute Gasteiger partial charge is 0.326 e. The number of aliphatic carboxylic acids is 1. The maximum Gasteiger partial charge on any atom is 0.326 e. The molecule has 1 aromatic carbocycles. The number of carboxylic acids is 1. The number of nitrogens with zero attached hydrogens (tertiary/aromatic N) is 1. The number of fused-ring (bicyclic) bond motifs is 6. The number of benzene rings is 1. The van der Waals surface area contributed by atoms with E-state index in [9.17, 15) is 24.6 Å². The third kappa shape index (κ3) is 5.73. The Bertz CT molecular complexity index is 1440. The van der Waals surface area contributed by atoms with Crippen molar-refractivity contribution in [3.05, 3.63) is 36.0 Å². The van der Waals surface area contributed by atoms with Gasteiger partial charge in [-0.25, -0.2) is 4.79 Å². The summed E-state index contributed by atoms with van der Waals surface area (Å²) in [5.41, 5.74) is 3.05. The van der Waals surface area contributed by atoms with Gasteiger partial charge in [0.25, 0.3) is 5.91 Å². The second kappa shape index (κ2) is 12.2. The lowest BCUT2D eigenvalue weighted by Crippen LogP contribution is -2.54. The number of amides is 2. The second-order valence-corrected chi connectivity index (χ2v) is 14.2. The van der Waals surface area contributed by atoms with Crippen LogP contribution in [0.2, 0.25) is 0 Å². The molecule has 2 aromatic rings. The molecule has 4 saturated carbocycles. The molecule has 238 valence electrons. The molecule has 8 atom stereocenters. The largest absolute Gasteiger partial charge is 0.480 e. The number of carbonyl (C=O) groups excluding carboxylic acids is 2. The molecule has 4 aliphatic carbocycles. The highest BCUT2D eigenvalue weighted by Gasteiger charge is 2.59. The molecule has 6 rings (SSSR count). The number of aromatic amines is 1. The fraction of sp³-hybridized carbons (Fsp3) is 0.647. The van der Waals surface area contributed by atoms with Crippen molar-refractivity contribution in [3.63, 3.8) is 0 Å². The number of carbonyl (C=O) groups is 3. The van der Waals surface area contributed by atoms with E-state index < -0.39 is 23.8 Å². The van der Waals surface area contributed by atoms with E-state index in [0.29, 0.717) is 23.7 Å². The van der Waals surface area contributed by atoms with E-state index in [-0.39, 0.29) is 36.5 Å². The molecule has 2 amide bonds. The molecule has 44 heavy (non-hydrogen) atoms. The first-order valence-corrected chi connectivity index (χ1v) is 16.3. The number of H-pyrrole nitrogens is 1. The van der Waals surface area contributed by atoms with Gasteiger partial charge >= 0.3 is 5.97 Å². The summed E-state index contributed by atoms with van der Waals surface area (Å²) in [5, 5.41) is 30.6. The van der Waals surface area contributed by atoms with E-state index in [1.807, 2.05) is 24.3 Å². The number of aromatic nitrogens is 1. The van der Waals surface area contributed by atoms with Crippen molar-refractivity contribution in [2.75, 3.05) is 13.2 Å². The molecule has 4 aliphatic rings. The van der Waals surface area contributed by atoms with Gasteiger partial charge in [0, 0.05) is 23.5 Å². The Morgan fingerprint density at radius 3 is 2.66 bits per heavy atom. The first-order chi connectivity index (χ1) is 21.1. The summed E-state index contributed by atoms with van der Waals surface area (Å²) >= 11 is 0. The number of nitrogens with one attached hydrogen (secondary N) is 3. The topological polar surface area (TPSA) is 153 Å². The van der Waals surface area contributed by atoms with Crippen LogP contribution in [0.5, 0.6) is 0 Å². The zero-order valence-corrected chi connectivity index (χ0v) is 25.8. The lowest BCUT2D eigenvalue weighted by molar-refractivity contribution is -0.141. The van der Waals surface area contributed by atoms with E-state index in [2.05, 4.69) is 34.6 Å². The minimum atomic E-state index is -1.15. The van der Waals surface area contributed by atoms with Crippen LogP contribution in [0.3, 0.4) is 0 Å². The van der Waals surface area contributed by atoms with Crippen LogP contribution in [0, 0.1) is 34.5 Å². The third-order valence-electron chi connectivity index (χ3n) is 12.0. The Labute approximate surface area is 258 Å². The first-order valence-electron chi connectivity index (χ1n) is 16.3. The van der Waals surface area contributed by atoms with Crippen LogP contribution in [-0.4, -0.2) is 64.0 Å². The molecule has 0 spiro atoms. The number of hydrogen-bond acceptors (Lipinski definition) is 6. The molecule has 1 heterocycles. The first kappa shape index (κ1) is 30.6. The summed E-state index contributed by atoms with van der Waals surface area (Å²) in [7, 11) is 0. The Morgan fingerprint density at radius 2 is 1.84 bits per heavy atom. The van der Waals surface area contributed by atoms with E-state index in [1.165, 1.54) is 19.3 Å². The van der Waals surface area contributed by atoms with Crippen LogP contribution in [0.25, 0.3) is 10.9 Å². The van der Waals surface area contributed by atoms with Gasteiger partial charge in [0.15, 0.2) is 6.61 Å². The Hall–Kier alpha value is -3.40. The second-order valence-electron chi connectivity index (χ2n) is 14.2. The summed E-state index contributed by atoms with van der Waals surface area (Å²) in [6.07, 6.45) is 11.4. The highest BCUT2D eigenvalue weighted by molar-refractivity contribution is 5.89. The highest BCUT2D eigenvalue weighted by Crippen LogP contribution is 2.66. The van der Waals surface area contributed by atoms with Crippen molar-refractivity contribution in [2.24, 2.45) is 39.7 Å². The Kier molecular flexibility index (Phi) is 8.48. The van der Waals surface area contributed by atoms with E-state index in [4.69, 9.17) is 4.84 Å². The van der Waals surface area contributed by atoms with Crippen molar-refractivity contribution < 1.29 is 29.4 Å². The molecule has 0 bridgehead atoms. The molecular weight excluding hydrogens is 560 g/mol. The zero-order chi connectivity index (χ0) is 31.1. The highest BCUT2D eigenvalue weighted by atomic mass is 16.6. The summed E-state index contributed by atoms with van der Waals surface area (Å²) in [6.45, 7) is 4.15. The molecule has 5 unspecified atom stereocenters. The molecule has 0 saturated heterocycles. The number of rotatable bonds is 9. The van der Waals surface area contributed by atoms with Gasteiger partial charge in [0.1, 0.15) is 6.04 Å². The summed E-state index contributed by atoms with van der Waals surface area (Å²) in [4.78, 5) is 45.2. The van der Waals surface area contributed by atoms with Gasteiger partial charge in [-0.3, -0.25) is 9.59 Å². The van der Waals surface area contributed by atoms with Crippen LogP contribution in [0.4, 0.5) is 0 Å². The normalized spacial score (nSPS) is 34.4. The van der Waals surface area contributed by atoms with Crippen LogP contribution >= 0.6 is 0 Å². The number of hydrogen-bond donors (Lipinski definition) is 5. The maximum atomic E-state index is 12.5. The molecule has 5 N–H and O–H groups in total. The SMILES string of the molecule is C[C@]12CC/C(=N/OCC(=O)NCC(=O)NC(Cc3c[nH]c4ccccc34)C(=O)O)CC1CCC1C2CC[C@@]2(C)C1CC[C@H]2O. The summed E-state index contributed by atoms with van der Waals surface area (Å²) in [6, 6.07) is 6.44. The van der Waals surface area contributed by atoms with Gasteiger partial charge in [-0.1, -0.05) is 37.2 Å². The third-order valence-corrected chi connectivity index (χ3v) is 12.0. The number of carboxylic acid groups (broad SMARTS) is 1. The van der Waals surface area contributed by atoms with Crippen molar-refractivity contribution >= 4 is 34.4 Å². The van der Waals surface area contributed by atoms with Crippen LogP contribution in [-0.2, 0) is 25.6 Å². The van der Waals surface area contributed by atoms with Crippen molar-refractivity contribution in [1.82, 2.24) is 15.6 Å². The fourth-order valence-electron chi connectivity index (χ4n) is 9.49. The average molecular weight is 607 g/mol. The molecule has 1 aromatic heterocycles. The maximum absolute atomic E-state index is 12.5. The predicted molar refractivity (Wildman–Crippen MR) is 166 cm³/mol. The quantitative estimate of drug-likeness (QED) is 0.270. The van der Waals surface area contributed by atoms with Crippen LogP contribution in [0.1, 0.15) is 77.2 Å². The van der Waals surface area contributed by atoms with Crippen LogP contribution in [0.15, 0.2) is 35.6 Å². The molecule has 0 radical (unpaired) electrons. The lowest BCUT2D eigenvalue weighted by Gasteiger charge is -2.60. The molecule has 0 aliphatic heterocycles. The number of para-hydroxylation sites is 1. The summed E-state index contributed by atoms with van der Waals surface area (Å²) < 4.78 is 0. The zero-order valence-electron chi connectivity index (χ0n) is 25.8. The monoisotopic (exact) mass is 606 g/mol. The van der Waals surface area contributed by atoms with Crippen molar-refractivity contribution in [1.29, 1.82) is 0 Å². The number of aliphatic hydroxyl groups is 1. The van der Waals surface area contributed by atoms with E-state index in [0.717, 1.165) is 60.7 Å². The minimum absolute atomic E-state index is 0.0939. The predicted octanol–water partition coefficient (Wildman–Crippen LogP) is 4.17. The summed E-state index contributed by atoms with van der Waals surface area (Å²) in [5.74, 6) is 0.383. The van der Waals surface area contributed by atoms with Gasteiger partial charge in [0.05, 0.1) is 18.4 Å². The van der Waals surface area contributed by atoms with Crippen LogP contribution < -0.4 is 10.6 Å². The average Bonchev–Trinajstić information content (AvgIpc) is 3.55. The minimum Gasteiger partial charge on any atom is -0.480 e. The van der Waals surface area contributed by atoms with Crippen molar-refractivity contribution in [3.8, 4) is 0 Å². The molecule has 4 fully saturated rings. The standard InChI is InChI=1S/C34H46N4O6/c1-33-13-11-22(16-21(33)7-8-24-25-9-10-29(39)34(25,2)14-12-26(24)33)38-44-19-31(41)36-18-30(40)37-28(32(42)43)15-20-17-35-27-6-4-3-5-23(20)27/h3-6,17,21,24-26,28-29,35,39H,7-16,18-19H2,1-2H3,(H,36,41)(H,37,40)(H,42,43)/b38-22-/t21?,24?,25?,26?,28?,29-,33+,34+/m1/s1. The van der Waals surface area contributed by atoms with E-state index >= 15 is 0 Å². The van der Waals surface area contributed by atoms with Gasteiger partial charge in [-0.15, -0.1) is 0 Å². The van der Waals surface area contributed by atoms with Gasteiger partial charge < -0.3 is 30.7 Å². The van der Waals surface area contributed by atoms with Gasteiger partial charge in [-0.2, -0.15) is 0 Å². The Balaban J connectivity index is 0.951. The van der Waals surface area contributed by atoms with Gasteiger partial charge in [-0.05, 0) is 104 Å². The fourth-order valence-corrected chi connectivity index (χ4v) is 9.49. The number of aliphatic hydroxyl groups excluding tert-OH is 1. The lowest BCUT2D eigenvalue weighted by atomic mass is 9.45. The Morgan fingerprint density at radius 1 is 1.05 bits per heavy atom. The molecule has 10 heteroatoms.